The van der Waals surface area contributed by atoms with E-state index in [2.05, 4.69) is 30.6 Å². The van der Waals surface area contributed by atoms with E-state index in [1.54, 1.807) is 23.7 Å². The summed E-state index contributed by atoms with van der Waals surface area (Å²) in [6, 6.07) is 7.76. The second kappa shape index (κ2) is 7.09. The molecule has 0 radical (unpaired) electrons. The average molecular weight is 311 g/mol. The molecule has 0 saturated carbocycles. The van der Waals surface area contributed by atoms with Crippen LogP contribution < -0.4 is 5.32 Å². The van der Waals surface area contributed by atoms with Gasteiger partial charge in [-0.3, -0.25) is 4.98 Å². The molecule has 3 aromatic rings. The maximum absolute atomic E-state index is 4.64. The van der Waals surface area contributed by atoms with Gasteiger partial charge in [-0.15, -0.1) is 11.3 Å². The second-order valence-corrected chi connectivity index (χ2v) is 5.80. The molecule has 5 nitrogen and oxygen atoms in total. The Morgan fingerprint density at radius 3 is 2.82 bits per heavy atom. The molecule has 0 unspecified atom stereocenters. The summed E-state index contributed by atoms with van der Waals surface area (Å²) in [6.07, 6.45) is 5.53. The van der Waals surface area contributed by atoms with Gasteiger partial charge in [0, 0.05) is 30.7 Å². The third-order valence-corrected chi connectivity index (χ3v) is 4.04. The van der Waals surface area contributed by atoms with Crippen LogP contribution in [0.1, 0.15) is 17.3 Å². The quantitative estimate of drug-likeness (QED) is 0.707. The molecular formula is C16H17N5S. The van der Waals surface area contributed by atoms with Crippen LogP contribution in [0.3, 0.4) is 0 Å². The predicted molar refractivity (Wildman–Crippen MR) is 88.9 cm³/mol. The predicted octanol–water partition coefficient (Wildman–Crippen LogP) is 3.35. The molecule has 22 heavy (non-hydrogen) atoms. The number of nitrogens with one attached hydrogen (secondary N) is 1. The van der Waals surface area contributed by atoms with Crippen LogP contribution in [0.15, 0.2) is 42.0 Å². The zero-order valence-electron chi connectivity index (χ0n) is 12.4. The maximum atomic E-state index is 4.64. The lowest BCUT2D eigenvalue weighted by molar-refractivity contribution is 0.849. The van der Waals surface area contributed by atoms with Crippen molar-refractivity contribution in [3.8, 4) is 11.4 Å². The molecule has 0 aromatic carbocycles. The Balaban J connectivity index is 1.49. The van der Waals surface area contributed by atoms with Crippen LogP contribution in [-0.2, 0) is 6.42 Å². The van der Waals surface area contributed by atoms with Gasteiger partial charge in [-0.2, -0.15) is 0 Å². The lowest BCUT2D eigenvalue weighted by Gasteiger charge is -2.04. The molecule has 1 N–H and O–H groups in total. The highest BCUT2D eigenvalue weighted by molar-refractivity contribution is 7.09. The monoisotopic (exact) mass is 311 g/mol. The van der Waals surface area contributed by atoms with Gasteiger partial charge >= 0.3 is 0 Å². The molecule has 112 valence electrons. The van der Waals surface area contributed by atoms with Crippen molar-refractivity contribution in [2.24, 2.45) is 0 Å². The van der Waals surface area contributed by atoms with Gasteiger partial charge in [-0.25, -0.2) is 15.0 Å². The summed E-state index contributed by atoms with van der Waals surface area (Å²) in [5.74, 6) is 1.66. The topological polar surface area (TPSA) is 63.6 Å². The number of thiazole rings is 1. The molecule has 0 aliphatic rings. The van der Waals surface area contributed by atoms with E-state index in [-0.39, 0.29) is 0 Å². The minimum absolute atomic E-state index is 0.782. The summed E-state index contributed by atoms with van der Waals surface area (Å²) in [5.41, 5.74) is 1.89. The number of pyridine rings is 1. The molecular weight excluding hydrogens is 294 g/mol. The fourth-order valence-electron chi connectivity index (χ4n) is 2.07. The van der Waals surface area contributed by atoms with E-state index in [0.717, 1.165) is 47.4 Å². The summed E-state index contributed by atoms with van der Waals surface area (Å²) in [4.78, 5) is 17.4. The van der Waals surface area contributed by atoms with Gasteiger partial charge in [0.1, 0.15) is 11.6 Å². The standard InChI is InChI=1S/C16H17N5S/c1-12-17-10-7-15(20-12)19-9-4-6-16-21-14(11-22-16)13-5-2-3-8-18-13/h2-3,5,7-8,10-11H,4,6,9H2,1H3,(H,17,19,20). The molecule has 6 heteroatoms. The lowest BCUT2D eigenvalue weighted by atomic mass is 10.3. The number of hydrogen-bond donors (Lipinski definition) is 1. The highest BCUT2D eigenvalue weighted by Gasteiger charge is 2.05. The minimum atomic E-state index is 0.782. The first-order chi connectivity index (χ1) is 10.8. The zero-order valence-corrected chi connectivity index (χ0v) is 13.2. The first-order valence-corrected chi connectivity index (χ1v) is 8.08. The number of aromatic nitrogens is 4. The molecule has 0 aliphatic heterocycles. The number of anilines is 1. The molecule has 0 bridgehead atoms. The van der Waals surface area contributed by atoms with Crippen molar-refractivity contribution >= 4 is 17.2 Å². The van der Waals surface area contributed by atoms with Gasteiger partial charge < -0.3 is 5.32 Å². The van der Waals surface area contributed by atoms with Crippen LogP contribution in [0, 0.1) is 6.92 Å². The van der Waals surface area contributed by atoms with Crippen LogP contribution in [-0.4, -0.2) is 26.5 Å². The van der Waals surface area contributed by atoms with Crippen molar-refractivity contribution in [1.29, 1.82) is 0 Å². The highest BCUT2D eigenvalue weighted by atomic mass is 32.1. The summed E-state index contributed by atoms with van der Waals surface area (Å²) in [5, 5.41) is 6.52. The lowest BCUT2D eigenvalue weighted by Crippen LogP contribution is -2.05. The largest absolute Gasteiger partial charge is 0.370 e. The fourth-order valence-corrected chi connectivity index (χ4v) is 2.90. The Labute approximate surface area is 133 Å². The van der Waals surface area contributed by atoms with Crippen molar-refractivity contribution in [1.82, 2.24) is 19.9 Å². The third-order valence-electron chi connectivity index (χ3n) is 3.13. The van der Waals surface area contributed by atoms with E-state index >= 15 is 0 Å². The van der Waals surface area contributed by atoms with E-state index in [1.807, 2.05) is 31.2 Å². The van der Waals surface area contributed by atoms with E-state index < -0.39 is 0 Å². The molecule has 0 amide bonds. The maximum Gasteiger partial charge on any atom is 0.129 e. The van der Waals surface area contributed by atoms with E-state index in [9.17, 15) is 0 Å². The summed E-state index contributed by atoms with van der Waals surface area (Å²) >= 11 is 1.69. The summed E-state index contributed by atoms with van der Waals surface area (Å²) in [6.45, 7) is 2.76. The summed E-state index contributed by atoms with van der Waals surface area (Å²) < 4.78 is 0. The molecule has 0 atom stereocenters. The molecule has 3 heterocycles. The second-order valence-electron chi connectivity index (χ2n) is 4.86. The van der Waals surface area contributed by atoms with Crippen LogP contribution >= 0.6 is 11.3 Å². The molecule has 3 rings (SSSR count). The molecule has 0 spiro atoms. The van der Waals surface area contributed by atoms with Gasteiger partial charge in [0.2, 0.25) is 0 Å². The number of hydrogen-bond acceptors (Lipinski definition) is 6. The Morgan fingerprint density at radius 2 is 2.00 bits per heavy atom. The normalized spacial score (nSPS) is 10.6. The Morgan fingerprint density at radius 1 is 1.05 bits per heavy atom. The average Bonchev–Trinajstić information content (AvgIpc) is 3.01. The van der Waals surface area contributed by atoms with E-state index in [1.165, 1.54) is 0 Å². The first-order valence-electron chi connectivity index (χ1n) is 7.20. The van der Waals surface area contributed by atoms with Gasteiger partial charge in [0.15, 0.2) is 0 Å². The fraction of sp³-hybridized carbons (Fsp3) is 0.250. The van der Waals surface area contributed by atoms with E-state index in [0.29, 0.717) is 0 Å². The third kappa shape index (κ3) is 3.85. The van der Waals surface area contributed by atoms with Crippen molar-refractivity contribution < 1.29 is 0 Å². The first kappa shape index (κ1) is 14.6. The smallest absolute Gasteiger partial charge is 0.129 e. The molecule has 3 aromatic heterocycles. The molecule has 0 aliphatic carbocycles. The van der Waals surface area contributed by atoms with E-state index in [4.69, 9.17) is 0 Å². The van der Waals surface area contributed by atoms with Crippen molar-refractivity contribution in [3.63, 3.8) is 0 Å². The molecule has 0 saturated heterocycles. The van der Waals surface area contributed by atoms with Gasteiger partial charge in [-0.05, 0) is 31.5 Å². The zero-order chi connectivity index (χ0) is 15.2. The van der Waals surface area contributed by atoms with Crippen molar-refractivity contribution in [2.75, 3.05) is 11.9 Å². The number of aryl methyl sites for hydroxylation is 2. The van der Waals surface area contributed by atoms with Crippen LogP contribution in [0.25, 0.3) is 11.4 Å². The van der Waals surface area contributed by atoms with Gasteiger partial charge in [0.25, 0.3) is 0 Å². The number of nitrogens with zero attached hydrogens (tertiary/aromatic N) is 4. The van der Waals surface area contributed by atoms with Crippen LogP contribution in [0.5, 0.6) is 0 Å². The Bertz CT molecular complexity index is 726. The summed E-state index contributed by atoms with van der Waals surface area (Å²) in [7, 11) is 0. The Kier molecular flexibility index (Phi) is 4.70. The Hall–Kier alpha value is -2.34. The molecule has 0 fully saturated rings. The van der Waals surface area contributed by atoms with Gasteiger partial charge in [-0.1, -0.05) is 6.07 Å². The van der Waals surface area contributed by atoms with Crippen molar-refractivity contribution in [3.05, 3.63) is 52.9 Å². The van der Waals surface area contributed by atoms with Crippen LogP contribution in [0.2, 0.25) is 0 Å². The minimum Gasteiger partial charge on any atom is -0.370 e. The number of rotatable bonds is 6. The van der Waals surface area contributed by atoms with Crippen molar-refractivity contribution in [2.45, 2.75) is 19.8 Å². The SMILES string of the molecule is Cc1nccc(NCCCc2nc(-c3ccccn3)cs2)n1. The van der Waals surface area contributed by atoms with Crippen LogP contribution in [0.4, 0.5) is 5.82 Å². The highest BCUT2D eigenvalue weighted by Crippen LogP contribution is 2.20. The van der Waals surface area contributed by atoms with Gasteiger partial charge in [0.05, 0.1) is 16.4 Å².